The molecule has 1 aromatic carbocycles. The first-order valence-corrected chi connectivity index (χ1v) is 12.5. The fourth-order valence-corrected chi connectivity index (χ4v) is 5.72. The highest BCUT2D eigenvalue weighted by atomic mass is 127. The van der Waals surface area contributed by atoms with Crippen molar-refractivity contribution in [1.29, 1.82) is 0 Å². The minimum atomic E-state index is -3.08. The monoisotopic (exact) mass is 564 g/mol. The fraction of sp³-hybridized carbons (Fsp3) is 0.682. The molecule has 0 bridgehead atoms. The molecule has 2 saturated heterocycles. The molecule has 2 aliphatic rings. The summed E-state index contributed by atoms with van der Waals surface area (Å²) in [5.41, 5.74) is 1.25. The standard InChI is InChI=1S/C22H36N4O3S.HI/c1-22(2)17-26(14-15-30(22,27)28)21(23-3)24-16-20(25-12-6-5-7-13-25)18-8-10-19(29-4)11-9-18;/h8-11,20H,5-7,12-17H2,1-4H3,(H,23,24);1H. The van der Waals surface area contributed by atoms with Gasteiger partial charge in [-0.05, 0) is 57.5 Å². The molecule has 0 spiro atoms. The molecule has 2 aliphatic heterocycles. The van der Waals surface area contributed by atoms with Crippen molar-refractivity contribution in [3.63, 3.8) is 0 Å². The lowest BCUT2D eigenvalue weighted by Crippen LogP contribution is -2.57. The molecule has 1 aromatic rings. The Morgan fingerprint density at radius 2 is 1.81 bits per heavy atom. The van der Waals surface area contributed by atoms with Gasteiger partial charge in [0, 0.05) is 26.7 Å². The molecule has 31 heavy (non-hydrogen) atoms. The number of nitrogens with one attached hydrogen (secondary N) is 1. The molecule has 176 valence electrons. The quantitative estimate of drug-likeness (QED) is 0.337. The summed E-state index contributed by atoms with van der Waals surface area (Å²) >= 11 is 0. The summed E-state index contributed by atoms with van der Waals surface area (Å²) in [7, 11) is 0.371. The first-order valence-electron chi connectivity index (χ1n) is 10.8. The number of sulfone groups is 1. The lowest BCUT2D eigenvalue weighted by Gasteiger charge is -2.40. The highest BCUT2D eigenvalue weighted by molar-refractivity contribution is 14.0. The predicted molar refractivity (Wildman–Crippen MR) is 137 cm³/mol. The van der Waals surface area contributed by atoms with E-state index in [1.807, 2.05) is 12.1 Å². The van der Waals surface area contributed by atoms with Gasteiger partial charge in [-0.3, -0.25) is 9.89 Å². The van der Waals surface area contributed by atoms with Crippen LogP contribution in [-0.4, -0.2) is 81.6 Å². The van der Waals surface area contributed by atoms with Gasteiger partial charge in [0.25, 0.3) is 0 Å². The number of benzene rings is 1. The van der Waals surface area contributed by atoms with E-state index in [2.05, 4.69) is 32.2 Å². The maximum absolute atomic E-state index is 12.4. The van der Waals surface area contributed by atoms with Crippen molar-refractivity contribution in [2.75, 3.05) is 52.6 Å². The third-order valence-electron chi connectivity index (χ3n) is 6.34. The molecule has 1 atom stereocenters. The summed E-state index contributed by atoms with van der Waals surface area (Å²) in [5.74, 6) is 1.79. The van der Waals surface area contributed by atoms with E-state index in [-0.39, 0.29) is 35.8 Å². The summed E-state index contributed by atoms with van der Waals surface area (Å²) in [5, 5.41) is 3.54. The Labute approximate surface area is 204 Å². The third-order valence-corrected chi connectivity index (χ3v) is 8.87. The summed E-state index contributed by atoms with van der Waals surface area (Å²) in [6, 6.07) is 8.53. The van der Waals surface area contributed by atoms with Crippen molar-refractivity contribution in [2.24, 2.45) is 4.99 Å². The van der Waals surface area contributed by atoms with Crippen molar-refractivity contribution in [1.82, 2.24) is 15.1 Å². The van der Waals surface area contributed by atoms with Crippen LogP contribution < -0.4 is 10.1 Å². The number of halogens is 1. The number of rotatable bonds is 5. The largest absolute Gasteiger partial charge is 0.497 e. The average Bonchev–Trinajstić information content (AvgIpc) is 2.74. The number of ether oxygens (including phenoxy) is 1. The van der Waals surface area contributed by atoms with Gasteiger partial charge in [-0.25, -0.2) is 8.42 Å². The van der Waals surface area contributed by atoms with E-state index >= 15 is 0 Å². The minimum absolute atomic E-state index is 0. The Kier molecular flexibility index (Phi) is 9.44. The molecule has 0 aliphatic carbocycles. The van der Waals surface area contributed by atoms with Gasteiger partial charge in [0.15, 0.2) is 15.8 Å². The molecule has 0 amide bonds. The molecule has 1 N–H and O–H groups in total. The molecule has 2 fully saturated rings. The molecule has 0 saturated carbocycles. The minimum Gasteiger partial charge on any atom is -0.497 e. The Hall–Kier alpha value is -1.07. The van der Waals surface area contributed by atoms with Crippen LogP contribution in [0.3, 0.4) is 0 Å². The number of nitrogens with zero attached hydrogens (tertiary/aromatic N) is 3. The van der Waals surface area contributed by atoms with Crippen LogP contribution in [0.25, 0.3) is 0 Å². The first-order chi connectivity index (χ1) is 14.3. The van der Waals surface area contributed by atoms with Crippen LogP contribution in [0.15, 0.2) is 29.3 Å². The van der Waals surface area contributed by atoms with Gasteiger partial charge >= 0.3 is 0 Å². The van der Waals surface area contributed by atoms with E-state index in [9.17, 15) is 8.42 Å². The van der Waals surface area contributed by atoms with Crippen LogP contribution in [0.4, 0.5) is 0 Å². The molecule has 7 nitrogen and oxygen atoms in total. The smallest absolute Gasteiger partial charge is 0.193 e. The SMILES string of the molecule is CN=C(NCC(c1ccc(OC)cc1)N1CCCCC1)N1CCS(=O)(=O)C(C)(C)C1.I. The summed E-state index contributed by atoms with van der Waals surface area (Å²) in [4.78, 5) is 9.07. The highest BCUT2D eigenvalue weighted by Crippen LogP contribution is 2.27. The van der Waals surface area contributed by atoms with Crippen LogP contribution in [0.5, 0.6) is 5.75 Å². The number of likely N-dealkylation sites (tertiary alicyclic amines) is 1. The summed E-state index contributed by atoms with van der Waals surface area (Å²) in [6.45, 7) is 7.43. The van der Waals surface area contributed by atoms with Crippen LogP contribution in [0.2, 0.25) is 0 Å². The molecule has 0 aromatic heterocycles. The van der Waals surface area contributed by atoms with Crippen LogP contribution in [0.1, 0.15) is 44.7 Å². The summed E-state index contributed by atoms with van der Waals surface area (Å²) < 4.78 is 29.3. The molecule has 0 radical (unpaired) electrons. The lowest BCUT2D eigenvalue weighted by atomic mass is 10.0. The van der Waals surface area contributed by atoms with Gasteiger partial charge in [-0.2, -0.15) is 0 Å². The highest BCUT2D eigenvalue weighted by Gasteiger charge is 2.41. The van der Waals surface area contributed by atoms with Crippen LogP contribution >= 0.6 is 24.0 Å². The Morgan fingerprint density at radius 3 is 2.35 bits per heavy atom. The van der Waals surface area contributed by atoms with E-state index in [0.29, 0.717) is 13.1 Å². The molecule has 3 rings (SSSR count). The number of hydrogen-bond acceptors (Lipinski definition) is 5. The molecular weight excluding hydrogens is 527 g/mol. The van der Waals surface area contributed by atoms with Crippen molar-refractivity contribution >= 4 is 39.8 Å². The van der Waals surface area contributed by atoms with Crippen molar-refractivity contribution < 1.29 is 13.2 Å². The number of guanidine groups is 1. The summed E-state index contributed by atoms with van der Waals surface area (Å²) in [6.07, 6.45) is 3.73. The maximum atomic E-state index is 12.4. The maximum Gasteiger partial charge on any atom is 0.193 e. The van der Waals surface area contributed by atoms with Gasteiger partial charge in [-0.1, -0.05) is 18.6 Å². The van der Waals surface area contributed by atoms with Crippen LogP contribution in [-0.2, 0) is 9.84 Å². The van der Waals surface area contributed by atoms with Crippen LogP contribution in [0, 0.1) is 0 Å². The van der Waals surface area contributed by atoms with E-state index in [0.717, 1.165) is 31.3 Å². The number of aliphatic imine (C=N–C) groups is 1. The van der Waals surface area contributed by atoms with Crippen molar-refractivity contribution in [2.45, 2.75) is 43.9 Å². The third kappa shape index (κ3) is 6.25. The molecule has 2 heterocycles. The zero-order chi connectivity index (χ0) is 21.8. The fourth-order valence-electron chi connectivity index (χ4n) is 4.36. The second-order valence-corrected chi connectivity index (χ2v) is 11.6. The second-order valence-electron chi connectivity index (χ2n) is 8.81. The van der Waals surface area contributed by atoms with Gasteiger partial charge in [-0.15, -0.1) is 24.0 Å². The molecule has 9 heteroatoms. The molecular formula is C22H37IN4O3S. The Bertz CT molecular complexity index is 837. The lowest BCUT2D eigenvalue weighted by molar-refractivity contribution is 0.163. The number of methoxy groups -OCH3 is 1. The number of hydrogen-bond donors (Lipinski definition) is 1. The predicted octanol–water partition coefficient (Wildman–Crippen LogP) is 2.92. The first kappa shape index (κ1) is 26.2. The van der Waals surface area contributed by atoms with E-state index in [1.54, 1.807) is 28.0 Å². The zero-order valence-electron chi connectivity index (χ0n) is 19.1. The topological polar surface area (TPSA) is 74.2 Å². The van der Waals surface area contributed by atoms with Crippen molar-refractivity contribution in [3.8, 4) is 5.75 Å². The Morgan fingerprint density at radius 1 is 1.16 bits per heavy atom. The van der Waals surface area contributed by atoms with Gasteiger partial charge in [0.05, 0.1) is 23.7 Å². The van der Waals surface area contributed by atoms with Gasteiger partial charge in [0.1, 0.15) is 5.75 Å². The van der Waals surface area contributed by atoms with Gasteiger partial charge < -0.3 is 15.0 Å². The normalized spacial score (nSPS) is 22.3. The average molecular weight is 565 g/mol. The number of piperidine rings is 1. The molecule has 1 unspecified atom stereocenters. The van der Waals surface area contributed by atoms with E-state index < -0.39 is 14.6 Å². The van der Waals surface area contributed by atoms with E-state index in [1.165, 1.54) is 24.8 Å². The van der Waals surface area contributed by atoms with Gasteiger partial charge in [0.2, 0.25) is 0 Å². The Balaban J connectivity index is 0.00000341. The zero-order valence-corrected chi connectivity index (χ0v) is 22.3. The van der Waals surface area contributed by atoms with Crippen molar-refractivity contribution in [3.05, 3.63) is 29.8 Å². The van der Waals surface area contributed by atoms with E-state index in [4.69, 9.17) is 4.74 Å². The second kappa shape index (κ2) is 11.2.